The van der Waals surface area contributed by atoms with Crippen LogP contribution in [0.3, 0.4) is 0 Å². The molecule has 82 valence electrons. The third-order valence-electron chi connectivity index (χ3n) is 3.35. The van der Waals surface area contributed by atoms with E-state index >= 15 is 0 Å². The zero-order valence-electron chi connectivity index (χ0n) is 9.42. The number of hydrogen-bond acceptors (Lipinski definition) is 2. The maximum atomic E-state index is 5.94. The summed E-state index contributed by atoms with van der Waals surface area (Å²) in [4.78, 5) is 0. The summed E-state index contributed by atoms with van der Waals surface area (Å²) in [5.41, 5.74) is 9.18. The third kappa shape index (κ3) is 2.44. The quantitative estimate of drug-likeness (QED) is 0.742. The zero-order valence-corrected chi connectivity index (χ0v) is 9.42. The summed E-state index contributed by atoms with van der Waals surface area (Å²) in [5.74, 6) is 0.851. The molecule has 1 aliphatic rings. The molecule has 2 rings (SSSR count). The molecule has 0 heterocycles. The summed E-state index contributed by atoms with van der Waals surface area (Å²) in [6.07, 6.45) is 5.54. The van der Waals surface area contributed by atoms with Gasteiger partial charge in [0, 0.05) is 6.54 Å². The first-order chi connectivity index (χ1) is 7.27. The Hall–Kier alpha value is -1.18. The van der Waals surface area contributed by atoms with E-state index in [0.29, 0.717) is 0 Å². The van der Waals surface area contributed by atoms with Crippen molar-refractivity contribution in [3.05, 3.63) is 23.8 Å². The lowest BCUT2D eigenvalue weighted by Crippen LogP contribution is -2.12. The molecule has 1 aromatic carbocycles. The summed E-state index contributed by atoms with van der Waals surface area (Å²) < 4.78 is 0. The van der Waals surface area contributed by atoms with Gasteiger partial charge in [0.1, 0.15) is 0 Å². The van der Waals surface area contributed by atoms with Crippen molar-refractivity contribution in [2.75, 3.05) is 17.6 Å². The van der Waals surface area contributed by atoms with Crippen molar-refractivity contribution < 1.29 is 0 Å². The predicted molar refractivity (Wildman–Crippen MR) is 66.0 cm³/mol. The second-order valence-corrected chi connectivity index (χ2v) is 4.57. The van der Waals surface area contributed by atoms with Crippen LogP contribution in [0.25, 0.3) is 0 Å². The number of nitrogens with one attached hydrogen (secondary N) is 1. The van der Waals surface area contributed by atoms with Crippen LogP contribution in [0.15, 0.2) is 18.2 Å². The fraction of sp³-hybridized carbons (Fsp3) is 0.538. The second-order valence-electron chi connectivity index (χ2n) is 4.57. The minimum absolute atomic E-state index is 0.851. The Labute approximate surface area is 91.9 Å². The molecular formula is C13H20N2. The van der Waals surface area contributed by atoms with Crippen molar-refractivity contribution in [1.82, 2.24) is 0 Å². The van der Waals surface area contributed by atoms with Crippen LogP contribution >= 0.6 is 0 Å². The number of rotatable bonds is 3. The van der Waals surface area contributed by atoms with E-state index in [9.17, 15) is 0 Å². The number of benzene rings is 1. The molecule has 1 saturated carbocycles. The Bertz CT molecular complexity index is 307. The Morgan fingerprint density at radius 1 is 1.33 bits per heavy atom. The first-order valence-corrected chi connectivity index (χ1v) is 5.86. The highest BCUT2D eigenvalue weighted by atomic mass is 14.9. The summed E-state index contributed by atoms with van der Waals surface area (Å²) in [7, 11) is 0. The van der Waals surface area contributed by atoms with Crippen LogP contribution in [0.4, 0.5) is 11.4 Å². The zero-order chi connectivity index (χ0) is 10.7. The standard InChI is InChI=1S/C13H20N2/c1-10-5-4-8-12(14)13(10)15-9-11-6-2-3-7-11/h4-5,8,11,15H,2-3,6-7,9,14H2,1H3. The van der Waals surface area contributed by atoms with Crippen molar-refractivity contribution >= 4 is 11.4 Å². The van der Waals surface area contributed by atoms with Gasteiger partial charge in [-0.15, -0.1) is 0 Å². The van der Waals surface area contributed by atoms with Crippen molar-refractivity contribution in [2.45, 2.75) is 32.6 Å². The molecule has 15 heavy (non-hydrogen) atoms. The fourth-order valence-corrected chi connectivity index (χ4v) is 2.39. The highest BCUT2D eigenvalue weighted by Gasteiger charge is 2.15. The fourth-order valence-electron chi connectivity index (χ4n) is 2.39. The largest absolute Gasteiger partial charge is 0.397 e. The van der Waals surface area contributed by atoms with Crippen LogP contribution in [-0.2, 0) is 0 Å². The Kier molecular flexibility index (Phi) is 3.14. The average molecular weight is 204 g/mol. The van der Waals surface area contributed by atoms with Crippen molar-refractivity contribution in [3.63, 3.8) is 0 Å². The number of nitrogen functional groups attached to an aromatic ring is 1. The van der Waals surface area contributed by atoms with E-state index in [1.807, 2.05) is 12.1 Å². The van der Waals surface area contributed by atoms with Gasteiger partial charge in [0.2, 0.25) is 0 Å². The Morgan fingerprint density at radius 2 is 2.07 bits per heavy atom. The summed E-state index contributed by atoms with van der Waals surface area (Å²) in [6.45, 7) is 3.18. The molecule has 1 fully saturated rings. The third-order valence-corrected chi connectivity index (χ3v) is 3.35. The number of anilines is 2. The molecule has 1 aliphatic carbocycles. The van der Waals surface area contributed by atoms with Gasteiger partial charge in [0.15, 0.2) is 0 Å². The molecule has 0 saturated heterocycles. The maximum Gasteiger partial charge on any atom is 0.0603 e. The molecule has 0 unspecified atom stereocenters. The first kappa shape index (κ1) is 10.3. The topological polar surface area (TPSA) is 38.0 Å². The average Bonchev–Trinajstić information content (AvgIpc) is 2.70. The SMILES string of the molecule is Cc1cccc(N)c1NCC1CCCC1. The van der Waals surface area contributed by atoms with Crippen LogP contribution in [-0.4, -0.2) is 6.54 Å². The normalized spacial score (nSPS) is 16.9. The van der Waals surface area contributed by atoms with E-state index in [1.165, 1.54) is 31.2 Å². The monoisotopic (exact) mass is 204 g/mol. The minimum Gasteiger partial charge on any atom is -0.397 e. The van der Waals surface area contributed by atoms with Crippen molar-refractivity contribution in [2.24, 2.45) is 5.92 Å². The molecule has 0 spiro atoms. The highest BCUT2D eigenvalue weighted by molar-refractivity contribution is 5.69. The lowest BCUT2D eigenvalue weighted by atomic mass is 10.1. The Morgan fingerprint density at radius 3 is 2.73 bits per heavy atom. The number of nitrogens with two attached hydrogens (primary N) is 1. The number of para-hydroxylation sites is 1. The van der Waals surface area contributed by atoms with Gasteiger partial charge < -0.3 is 11.1 Å². The molecule has 0 atom stereocenters. The smallest absolute Gasteiger partial charge is 0.0603 e. The molecule has 2 nitrogen and oxygen atoms in total. The number of hydrogen-bond donors (Lipinski definition) is 2. The lowest BCUT2D eigenvalue weighted by molar-refractivity contribution is 0.580. The maximum absolute atomic E-state index is 5.94. The summed E-state index contributed by atoms with van der Waals surface area (Å²) in [6, 6.07) is 6.07. The van der Waals surface area contributed by atoms with Gasteiger partial charge in [-0.3, -0.25) is 0 Å². The molecule has 0 radical (unpaired) electrons. The lowest BCUT2D eigenvalue weighted by Gasteiger charge is -2.15. The van der Waals surface area contributed by atoms with E-state index in [1.54, 1.807) is 0 Å². The predicted octanol–water partition coefficient (Wildman–Crippen LogP) is 3.18. The van der Waals surface area contributed by atoms with Crippen LogP contribution in [0, 0.1) is 12.8 Å². The van der Waals surface area contributed by atoms with Gasteiger partial charge in [0.05, 0.1) is 11.4 Å². The second kappa shape index (κ2) is 4.56. The van der Waals surface area contributed by atoms with E-state index in [4.69, 9.17) is 5.73 Å². The molecule has 0 bridgehead atoms. The molecular weight excluding hydrogens is 184 g/mol. The van der Waals surface area contributed by atoms with Crippen LogP contribution in [0.1, 0.15) is 31.2 Å². The van der Waals surface area contributed by atoms with E-state index in [2.05, 4.69) is 18.3 Å². The van der Waals surface area contributed by atoms with Crippen LogP contribution in [0.5, 0.6) is 0 Å². The van der Waals surface area contributed by atoms with Gasteiger partial charge in [0.25, 0.3) is 0 Å². The van der Waals surface area contributed by atoms with Crippen LogP contribution in [0.2, 0.25) is 0 Å². The van der Waals surface area contributed by atoms with Gasteiger partial charge in [-0.25, -0.2) is 0 Å². The van der Waals surface area contributed by atoms with E-state index in [0.717, 1.165) is 23.8 Å². The van der Waals surface area contributed by atoms with Gasteiger partial charge in [-0.2, -0.15) is 0 Å². The van der Waals surface area contributed by atoms with E-state index in [-0.39, 0.29) is 0 Å². The molecule has 2 heteroatoms. The molecule has 0 aromatic heterocycles. The number of aryl methyl sites for hydroxylation is 1. The summed E-state index contributed by atoms with van der Waals surface area (Å²) >= 11 is 0. The van der Waals surface area contributed by atoms with Crippen molar-refractivity contribution in [3.8, 4) is 0 Å². The highest BCUT2D eigenvalue weighted by Crippen LogP contribution is 2.27. The molecule has 1 aromatic rings. The van der Waals surface area contributed by atoms with Gasteiger partial charge >= 0.3 is 0 Å². The Balaban J connectivity index is 1.97. The van der Waals surface area contributed by atoms with Crippen LogP contribution < -0.4 is 11.1 Å². The summed E-state index contributed by atoms with van der Waals surface area (Å²) in [5, 5.41) is 3.50. The van der Waals surface area contributed by atoms with Gasteiger partial charge in [-0.05, 0) is 37.3 Å². The molecule has 0 aliphatic heterocycles. The minimum atomic E-state index is 0.851. The van der Waals surface area contributed by atoms with E-state index < -0.39 is 0 Å². The first-order valence-electron chi connectivity index (χ1n) is 5.86. The molecule has 3 N–H and O–H groups in total. The molecule has 0 amide bonds. The van der Waals surface area contributed by atoms with Crippen molar-refractivity contribution in [1.29, 1.82) is 0 Å². The van der Waals surface area contributed by atoms with Gasteiger partial charge in [-0.1, -0.05) is 25.0 Å².